The summed E-state index contributed by atoms with van der Waals surface area (Å²) in [6.07, 6.45) is 10.9. The molecule has 2 unspecified atom stereocenters. The lowest BCUT2D eigenvalue weighted by Gasteiger charge is -2.32. The normalized spacial score (nSPS) is 17.4. The Morgan fingerprint density at radius 1 is 0.884 bits per heavy atom. The first-order valence-corrected chi connectivity index (χ1v) is 24.3. The minimum Gasteiger partial charge on any atom is -0.461 e. The van der Waals surface area contributed by atoms with Gasteiger partial charge in [0.1, 0.15) is 31.6 Å². The number of imide groups is 1. The lowest BCUT2D eigenvalue weighted by molar-refractivity contribution is -0.148. The SMILES string of the molecule is CCC(C)(CCNC(=O)COCC(=O)NC(CCCCN)C(=O)Nc1ccc(COC(=O)C(C)C)cc1)OCCC(C)(C)OCCn1cc(CNC(=O)C2CCC(CN3C(=O)C=CC3=O)CC2)nn1. The summed E-state index contributed by atoms with van der Waals surface area (Å²) in [5, 5.41) is 19.7. The van der Waals surface area contributed by atoms with Crippen LogP contribution >= 0.6 is 0 Å². The lowest BCUT2D eigenvalue weighted by Crippen LogP contribution is -2.45. The maximum atomic E-state index is 13.2. The Morgan fingerprint density at radius 3 is 2.25 bits per heavy atom. The fourth-order valence-electron chi connectivity index (χ4n) is 7.70. The smallest absolute Gasteiger partial charge is 0.308 e. The molecule has 2 aromatic rings. The van der Waals surface area contributed by atoms with Crippen molar-refractivity contribution in [3.63, 3.8) is 0 Å². The topological polar surface area (TPSA) is 264 Å². The molecule has 1 aliphatic carbocycles. The number of benzene rings is 1. The molecule has 2 aliphatic rings. The molecule has 1 aromatic carbocycles. The molecule has 20 heteroatoms. The number of esters is 1. The number of carbonyl (C=O) groups excluding carboxylic acids is 7. The summed E-state index contributed by atoms with van der Waals surface area (Å²) in [6.45, 7) is 13.6. The van der Waals surface area contributed by atoms with E-state index in [2.05, 4.69) is 31.6 Å². The molecule has 1 saturated carbocycles. The molecule has 2 heterocycles. The first-order valence-electron chi connectivity index (χ1n) is 24.3. The molecule has 20 nitrogen and oxygen atoms in total. The van der Waals surface area contributed by atoms with Crippen molar-refractivity contribution in [3.8, 4) is 0 Å². The molecule has 0 bridgehead atoms. The molecule has 4 rings (SSSR count). The summed E-state index contributed by atoms with van der Waals surface area (Å²) in [5.74, 6) is -2.36. The molecule has 382 valence electrons. The molecular formula is C49H75N9O11. The van der Waals surface area contributed by atoms with Crippen LogP contribution in [0.1, 0.15) is 117 Å². The van der Waals surface area contributed by atoms with Crippen molar-refractivity contribution in [2.45, 2.75) is 143 Å². The number of amides is 6. The average Bonchev–Trinajstić information content (AvgIpc) is 3.91. The molecule has 0 saturated heterocycles. The monoisotopic (exact) mass is 966 g/mol. The van der Waals surface area contributed by atoms with E-state index in [-0.39, 0.29) is 67.1 Å². The van der Waals surface area contributed by atoms with Crippen molar-refractivity contribution in [3.05, 3.63) is 53.9 Å². The number of unbranched alkanes of at least 4 members (excludes halogenated alkanes) is 1. The van der Waals surface area contributed by atoms with E-state index < -0.39 is 35.7 Å². The zero-order valence-electron chi connectivity index (χ0n) is 41.3. The third-order valence-electron chi connectivity index (χ3n) is 12.4. The van der Waals surface area contributed by atoms with Gasteiger partial charge >= 0.3 is 5.97 Å². The minimum absolute atomic E-state index is 0.0334. The van der Waals surface area contributed by atoms with Gasteiger partial charge in [-0.05, 0) is 115 Å². The molecule has 0 radical (unpaired) electrons. The second-order valence-electron chi connectivity index (χ2n) is 19.0. The van der Waals surface area contributed by atoms with Gasteiger partial charge in [-0.2, -0.15) is 0 Å². The van der Waals surface area contributed by atoms with E-state index in [1.54, 1.807) is 49.0 Å². The number of aromatic nitrogens is 3. The highest BCUT2D eigenvalue weighted by atomic mass is 16.5. The highest BCUT2D eigenvalue weighted by Gasteiger charge is 2.32. The number of anilines is 1. The van der Waals surface area contributed by atoms with Crippen LogP contribution in [-0.4, -0.2) is 125 Å². The summed E-state index contributed by atoms with van der Waals surface area (Å²) < 4.78 is 24.8. The second kappa shape index (κ2) is 28.2. The lowest BCUT2D eigenvalue weighted by atomic mass is 9.81. The fraction of sp³-hybridized carbons (Fsp3) is 0.653. The van der Waals surface area contributed by atoms with Crippen molar-refractivity contribution >= 4 is 47.1 Å². The van der Waals surface area contributed by atoms with Crippen LogP contribution in [0.25, 0.3) is 0 Å². The van der Waals surface area contributed by atoms with Gasteiger partial charge in [0, 0.05) is 36.8 Å². The van der Waals surface area contributed by atoms with Crippen LogP contribution in [0.15, 0.2) is 42.6 Å². The predicted molar refractivity (Wildman–Crippen MR) is 255 cm³/mol. The van der Waals surface area contributed by atoms with Gasteiger partial charge in [0.2, 0.25) is 23.6 Å². The molecule has 1 aromatic heterocycles. The Hall–Kier alpha value is -5.57. The van der Waals surface area contributed by atoms with Gasteiger partial charge in [-0.15, -0.1) is 5.10 Å². The van der Waals surface area contributed by atoms with Crippen LogP contribution < -0.4 is 27.0 Å². The van der Waals surface area contributed by atoms with E-state index in [1.165, 1.54) is 17.1 Å². The van der Waals surface area contributed by atoms with Crippen LogP contribution in [0.2, 0.25) is 0 Å². The molecule has 0 spiro atoms. The molecule has 6 amide bonds. The molecule has 2 atom stereocenters. The number of nitrogens with two attached hydrogens (primary N) is 1. The Morgan fingerprint density at radius 2 is 1.58 bits per heavy atom. The van der Waals surface area contributed by atoms with Gasteiger partial charge < -0.3 is 45.9 Å². The number of hydrogen-bond acceptors (Lipinski definition) is 14. The number of rotatable bonds is 31. The Kier molecular flexibility index (Phi) is 22.9. The quantitative estimate of drug-likeness (QED) is 0.0412. The third kappa shape index (κ3) is 20.1. The maximum absolute atomic E-state index is 13.2. The number of carbonyl (C=O) groups is 7. The number of hydrogen-bond donors (Lipinski definition) is 5. The zero-order chi connectivity index (χ0) is 50.4. The van der Waals surface area contributed by atoms with E-state index in [1.807, 2.05) is 27.7 Å². The Balaban J connectivity index is 1.07. The highest BCUT2D eigenvalue weighted by molar-refractivity contribution is 6.12. The summed E-state index contributed by atoms with van der Waals surface area (Å²) in [5.41, 5.74) is 6.57. The molecular weight excluding hydrogens is 891 g/mol. The van der Waals surface area contributed by atoms with E-state index in [9.17, 15) is 33.6 Å². The van der Waals surface area contributed by atoms with Gasteiger partial charge in [0.25, 0.3) is 11.8 Å². The van der Waals surface area contributed by atoms with Crippen molar-refractivity contribution in [2.75, 3.05) is 51.4 Å². The predicted octanol–water partition coefficient (Wildman–Crippen LogP) is 3.47. The average molecular weight is 966 g/mol. The van der Waals surface area contributed by atoms with Gasteiger partial charge in [-0.25, -0.2) is 4.68 Å². The third-order valence-corrected chi connectivity index (χ3v) is 12.4. The molecule has 69 heavy (non-hydrogen) atoms. The van der Waals surface area contributed by atoms with Crippen LogP contribution in [0.4, 0.5) is 5.69 Å². The standard InChI is InChI=1S/C49H75N9O11/c1-7-49(6,21-24-51-41(59)32-66-33-42(60)54-40(10-8-9-23-50)46(64)53-38-17-13-36(14-18-38)31-67-47(65)34(2)3)69-26-22-48(4,5)68-27-25-57-30-39(55-56-57)28-52-45(63)37-15-11-35(12-16-37)29-58-43(61)19-20-44(58)62/h13-14,17-20,30,34-35,37,40H,7-12,15-16,21-29,31-33,50H2,1-6H3,(H,51,59)(H,52,63)(H,53,64)(H,54,60). The van der Waals surface area contributed by atoms with E-state index in [4.69, 9.17) is 24.7 Å². The van der Waals surface area contributed by atoms with Crippen molar-refractivity contribution in [2.24, 2.45) is 23.5 Å². The Bertz CT molecular complexity index is 2010. The molecule has 1 fully saturated rings. The van der Waals surface area contributed by atoms with Gasteiger partial charge in [-0.3, -0.25) is 38.5 Å². The summed E-state index contributed by atoms with van der Waals surface area (Å²) in [4.78, 5) is 88.3. The van der Waals surface area contributed by atoms with E-state index in [0.717, 1.165) is 18.4 Å². The van der Waals surface area contributed by atoms with Crippen LogP contribution in [0.5, 0.6) is 0 Å². The molecule has 1 aliphatic heterocycles. The zero-order valence-corrected chi connectivity index (χ0v) is 41.3. The van der Waals surface area contributed by atoms with E-state index >= 15 is 0 Å². The van der Waals surface area contributed by atoms with Crippen molar-refractivity contribution in [1.29, 1.82) is 0 Å². The Labute approximate surface area is 405 Å². The summed E-state index contributed by atoms with van der Waals surface area (Å²) in [6, 6.07) is 6.03. The summed E-state index contributed by atoms with van der Waals surface area (Å²) in [7, 11) is 0. The second-order valence-corrected chi connectivity index (χ2v) is 19.0. The largest absolute Gasteiger partial charge is 0.461 e. The summed E-state index contributed by atoms with van der Waals surface area (Å²) >= 11 is 0. The van der Waals surface area contributed by atoms with Crippen molar-refractivity contribution < 1.29 is 52.5 Å². The van der Waals surface area contributed by atoms with Crippen LogP contribution in [0, 0.1) is 17.8 Å². The highest BCUT2D eigenvalue weighted by Crippen LogP contribution is 2.30. The van der Waals surface area contributed by atoms with Crippen LogP contribution in [0.3, 0.4) is 0 Å². The first-order chi connectivity index (χ1) is 32.9. The molecule has 6 N–H and O–H groups in total. The first kappa shape index (κ1) is 56.0. The van der Waals surface area contributed by atoms with Crippen LogP contribution in [-0.2, 0) is 72.2 Å². The van der Waals surface area contributed by atoms with Gasteiger partial charge in [-0.1, -0.05) is 38.1 Å². The minimum atomic E-state index is -0.849. The van der Waals surface area contributed by atoms with Gasteiger partial charge in [0.15, 0.2) is 0 Å². The van der Waals surface area contributed by atoms with Gasteiger partial charge in [0.05, 0.1) is 49.6 Å². The maximum Gasteiger partial charge on any atom is 0.308 e. The van der Waals surface area contributed by atoms with E-state index in [0.29, 0.717) is 102 Å². The fourth-order valence-corrected chi connectivity index (χ4v) is 7.70. The van der Waals surface area contributed by atoms with Crippen molar-refractivity contribution in [1.82, 2.24) is 35.8 Å². The number of nitrogens with one attached hydrogen (secondary N) is 4. The number of nitrogens with zero attached hydrogens (tertiary/aromatic N) is 4. The number of ether oxygens (including phenoxy) is 4.